The molecule has 1 aromatic carbocycles. The van der Waals surface area contributed by atoms with E-state index in [1.165, 1.54) is 0 Å². The van der Waals surface area contributed by atoms with Gasteiger partial charge in [0.2, 0.25) is 0 Å². The van der Waals surface area contributed by atoms with Crippen LogP contribution in [0.2, 0.25) is 0 Å². The number of aliphatic hydroxyl groups excluding tert-OH is 1. The van der Waals surface area contributed by atoms with Crippen molar-refractivity contribution >= 4 is 16.8 Å². The highest BCUT2D eigenvalue weighted by molar-refractivity contribution is 5.77. The average molecular weight is 248 g/mol. The summed E-state index contributed by atoms with van der Waals surface area (Å²) in [6.07, 6.45) is 0.722. The summed E-state index contributed by atoms with van der Waals surface area (Å²) in [6.45, 7) is 6.25. The normalized spacial score (nSPS) is 12.1. The Morgan fingerprint density at radius 3 is 2.78 bits per heavy atom. The van der Waals surface area contributed by atoms with Crippen LogP contribution in [0.5, 0.6) is 0 Å². The molecule has 0 spiro atoms. The molecule has 2 aromatic rings. The molecule has 2 rings (SSSR count). The van der Waals surface area contributed by atoms with Gasteiger partial charge in [0, 0.05) is 31.8 Å². The number of benzene rings is 1. The molecule has 0 atom stereocenters. The van der Waals surface area contributed by atoms with Crippen LogP contribution >= 0.6 is 0 Å². The van der Waals surface area contributed by atoms with Crippen molar-refractivity contribution in [3.63, 3.8) is 0 Å². The number of aryl methyl sites for hydroxylation is 1. The lowest BCUT2D eigenvalue weighted by Crippen LogP contribution is -2.41. The van der Waals surface area contributed by atoms with Gasteiger partial charge in [0.05, 0.1) is 0 Å². The molecule has 0 aliphatic heterocycles. The van der Waals surface area contributed by atoms with Crippen molar-refractivity contribution in [1.29, 1.82) is 0 Å². The first-order valence-electron chi connectivity index (χ1n) is 6.16. The Balaban J connectivity index is 2.35. The Labute approximate surface area is 107 Å². The van der Waals surface area contributed by atoms with Gasteiger partial charge in [-0.2, -0.15) is 0 Å². The predicted octanol–water partition coefficient (Wildman–Crippen LogP) is 2.73. The minimum Gasteiger partial charge on any atom is -0.441 e. The maximum Gasteiger partial charge on any atom is 0.192 e. The first-order chi connectivity index (χ1) is 8.44. The first kappa shape index (κ1) is 12.9. The first-order valence-corrected chi connectivity index (χ1v) is 6.16. The van der Waals surface area contributed by atoms with Gasteiger partial charge >= 0.3 is 0 Å². The smallest absolute Gasteiger partial charge is 0.192 e. The van der Waals surface area contributed by atoms with Crippen molar-refractivity contribution in [3.8, 4) is 0 Å². The van der Waals surface area contributed by atoms with Crippen molar-refractivity contribution in [1.82, 2.24) is 4.98 Å². The number of nitrogens with zero attached hydrogens (tertiary/aromatic N) is 2. The molecular formula is C14H20N2O2. The van der Waals surface area contributed by atoms with Gasteiger partial charge in [0.15, 0.2) is 11.5 Å². The minimum atomic E-state index is -0.0960. The zero-order valence-electron chi connectivity index (χ0n) is 11.4. The van der Waals surface area contributed by atoms with Gasteiger partial charge in [-0.15, -0.1) is 0 Å². The van der Waals surface area contributed by atoms with Crippen molar-refractivity contribution in [3.05, 3.63) is 24.1 Å². The topological polar surface area (TPSA) is 49.5 Å². The molecule has 1 heterocycles. The fourth-order valence-corrected chi connectivity index (χ4v) is 2.03. The van der Waals surface area contributed by atoms with Gasteiger partial charge in [-0.1, -0.05) is 0 Å². The molecule has 1 N–H and O–H groups in total. The standard InChI is InChI=1S/C14H20N2O2/c1-10-15-12-9-11(5-6-13(12)18-10)16(4)14(2,3)7-8-17/h5-6,9,17H,7-8H2,1-4H3. The predicted molar refractivity (Wildman–Crippen MR) is 72.9 cm³/mol. The van der Waals surface area contributed by atoms with E-state index in [0.29, 0.717) is 5.89 Å². The van der Waals surface area contributed by atoms with Gasteiger partial charge < -0.3 is 14.4 Å². The Hall–Kier alpha value is -1.55. The molecule has 0 fully saturated rings. The van der Waals surface area contributed by atoms with Crippen LogP contribution in [0.3, 0.4) is 0 Å². The van der Waals surface area contributed by atoms with Crippen LogP contribution < -0.4 is 4.90 Å². The van der Waals surface area contributed by atoms with E-state index in [-0.39, 0.29) is 12.1 Å². The van der Waals surface area contributed by atoms with Gasteiger partial charge in [0.1, 0.15) is 5.52 Å². The Morgan fingerprint density at radius 2 is 2.11 bits per heavy atom. The molecule has 98 valence electrons. The molecule has 4 nitrogen and oxygen atoms in total. The molecule has 1 aromatic heterocycles. The molecule has 0 radical (unpaired) electrons. The number of fused-ring (bicyclic) bond motifs is 1. The van der Waals surface area contributed by atoms with Crippen LogP contribution in [-0.2, 0) is 0 Å². The molecule has 0 saturated carbocycles. The average Bonchev–Trinajstić information content (AvgIpc) is 2.66. The number of aliphatic hydroxyl groups is 1. The maximum absolute atomic E-state index is 9.12. The highest BCUT2D eigenvalue weighted by Gasteiger charge is 2.23. The second kappa shape index (κ2) is 4.61. The lowest BCUT2D eigenvalue weighted by molar-refractivity contribution is 0.250. The van der Waals surface area contributed by atoms with Crippen molar-refractivity contribution in [2.75, 3.05) is 18.6 Å². The lowest BCUT2D eigenvalue weighted by atomic mass is 9.98. The van der Waals surface area contributed by atoms with Crippen molar-refractivity contribution in [2.24, 2.45) is 0 Å². The monoisotopic (exact) mass is 248 g/mol. The summed E-state index contributed by atoms with van der Waals surface area (Å²) in [5, 5.41) is 9.12. The molecule has 0 aliphatic rings. The van der Waals surface area contributed by atoms with Crippen LogP contribution in [0.25, 0.3) is 11.1 Å². The maximum atomic E-state index is 9.12. The van der Waals surface area contributed by atoms with E-state index < -0.39 is 0 Å². The van der Waals surface area contributed by atoms with Crippen LogP contribution in [-0.4, -0.2) is 29.3 Å². The molecule has 0 aliphatic carbocycles. The van der Waals surface area contributed by atoms with E-state index in [9.17, 15) is 0 Å². The second-order valence-electron chi connectivity index (χ2n) is 5.23. The van der Waals surface area contributed by atoms with Gasteiger partial charge in [-0.25, -0.2) is 4.98 Å². The van der Waals surface area contributed by atoms with Crippen molar-refractivity contribution < 1.29 is 9.52 Å². The third-order valence-corrected chi connectivity index (χ3v) is 3.50. The van der Waals surface area contributed by atoms with Crippen LogP contribution in [0.4, 0.5) is 5.69 Å². The fourth-order valence-electron chi connectivity index (χ4n) is 2.03. The van der Waals surface area contributed by atoms with Gasteiger partial charge in [0.25, 0.3) is 0 Å². The van der Waals surface area contributed by atoms with Crippen LogP contribution in [0, 0.1) is 6.92 Å². The van der Waals surface area contributed by atoms with Crippen LogP contribution in [0.1, 0.15) is 26.2 Å². The van der Waals surface area contributed by atoms with E-state index in [4.69, 9.17) is 9.52 Å². The van der Waals surface area contributed by atoms with E-state index in [2.05, 4.69) is 23.7 Å². The van der Waals surface area contributed by atoms with E-state index in [1.807, 2.05) is 32.2 Å². The lowest BCUT2D eigenvalue weighted by Gasteiger charge is -2.37. The Morgan fingerprint density at radius 1 is 1.39 bits per heavy atom. The Kier molecular flexibility index (Phi) is 3.30. The molecule has 0 bridgehead atoms. The minimum absolute atomic E-state index is 0.0960. The third kappa shape index (κ3) is 2.34. The van der Waals surface area contributed by atoms with E-state index in [0.717, 1.165) is 23.2 Å². The highest BCUT2D eigenvalue weighted by atomic mass is 16.3. The zero-order valence-corrected chi connectivity index (χ0v) is 11.4. The largest absolute Gasteiger partial charge is 0.441 e. The van der Waals surface area contributed by atoms with Crippen molar-refractivity contribution in [2.45, 2.75) is 32.7 Å². The van der Waals surface area contributed by atoms with E-state index in [1.54, 1.807) is 0 Å². The molecule has 18 heavy (non-hydrogen) atoms. The summed E-state index contributed by atoms with van der Waals surface area (Å²) < 4.78 is 5.47. The Bertz CT molecular complexity index is 546. The molecule has 0 amide bonds. The summed E-state index contributed by atoms with van der Waals surface area (Å²) in [4.78, 5) is 6.50. The number of rotatable bonds is 4. The summed E-state index contributed by atoms with van der Waals surface area (Å²) >= 11 is 0. The SMILES string of the molecule is Cc1nc2cc(N(C)C(C)(C)CCO)ccc2o1. The van der Waals surface area contributed by atoms with Gasteiger partial charge in [-0.05, 0) is 38.5 Å². The quantitative estimate of drug-likeness (QED) is 0.903. The molecule has 4 heteroatoms. The number of anilines is 1. The summed E-state index contributed by atoms with van der Waals surface area (Å²) in [5.41, 5.74) is 2.66. The highest BCUT2D eigenvalue weighted by Crippen LogP contribution is 2.28. The summed E-state index contributed by atoms with van der Waals surface area (Å²) in [7, 11) is 2.03. The molecule has 0 saturated heterocycles. The van der Waals surface area contributed by atoms with Crippen LogP contribution in [0.15, 0.2) is 22.6 Å². The number of oxazole rings is 1. The third-order valence-electron chi connectivity index (χ3n) is 3.50. The molecular weight excluding hydrogens is 228 g/mol. The van der Waals surface area contributed by atoms with E-state index >= 15 is 0 Å². The number of aromatic nitrogens is 1. The second-order valence-corrected chi connectivity index (χ2v) is 5.23. The number of hydrogen-bond acceptors (Lipinski definition) is 4. The zero-order chi connectivity index (χ0) is 13.3. The van der Waals surface area contributed by atoms with Gasteiger partial charge in [-0.3, -0.25) is 0 Å². The fraction of sp³-hybridized carbons (Fsp3) is 0.500. The number of hydrogen-bond donors (Lipinski definition) is 1. The molecule has 0 unspecified atom stereocenters. The summed E-state index contributed by atoms with van der Waals surface area (Å²) in [6, 6.07) is 5.98. The summed E-state index contributed by atoms with van der Waals surface area (Å²) in [5.74, 6) is 0.680.